The molecule has 1 aromatic carbocycles. The fourth-order valence-corrected chi connectivity index (χ4v) is 4.19. The Morgan fingerprint density at radius 2 is 2.00 bits per heavy atom. The highest BCUT2D eigenvalue weighted by molar-refractivity contribution is 6.33. The van der Waals surface area contributed by atoms with Crippen LogP contribution in [0.1, 0.15) is 13.3 Å². The number of hydrogen-bond donors (Lipinski definition) is 1. The normalized spacial score (nSPS) is 15.9. The molecule has 1 atom stereocenters. The summed E-state index contributed by atoms with van der Waals surface area (Å²) in [5, 5.41) is 4.53. The molecule has 0 aliphatic carbocycles. The molecule has 1 aliphatic rings. The van der Waals surface area contributed by atoms with E-state index >= 15 is 0 Å². The Labute approximate surface area is 189 Å². The number of benzene rings is 1. The van der Waals surface area contributed by atoms with E-state index in [0.29, 0.717) is 40.9 Å². The third-order valence-corrected chi connectivity index (χ3v) is 5.87. The number of pyridine rings is 1. The Balaban J connectivity index is 1.57. The highest BCUT2D eigenvalue weighted by atomic mass is 35.5. The van der Waals surface area contributed by atoms with E-state index in [-0.39, 0.29) is 11.6 Å². The Kier molecular flexibility index (Phi) is 5.55. The second kappa shape index (κ2) is 8.64. The third kappa shape index (κ3) is 3.83. The van der Waals surface area contributed by atoms with Crippen LogP contribution in [-0.4, -0.2) is 43.8 Å². The number of ether oxygens (including phenoxy) is 1. The molecular weight excluding hydrogens is 428 g/mol. The number of fused-ring (bicyclic) bond motifs is 1. The lowest BCUT2D eigenvalue weighted by Gasteiger charge is -2.14. The number of rotatable bonds is 5. The molecule has 1 N–H and O–H groups in total. The molecule has 0 amide bonds. The predicted molar refractivity (Wildman–Crippen MR) is 124 cm³/mol. The van der Waals surface area contributed by atoms with E-state index < -0.39 is 0 Å². The first kappa shape index (κ1) is 20.5. The van der Waals surface area contributed by atoms with Gasteiger partial charge in [0.15, 0.2) is 0 Å². The molecule has 0 spiro atoms. The highest BCUT2D eigenvalue weighted by Crippen LogP contribution is 2.31. The van der Waals surface area contributed by atoms with Gasteiger partial charge in [-0.1, -0.05) is 23.7 Å². The Hall–Kier alpha value is -3.36. The molecule has 1 fully saturated rings. The van der Waals surface area contributed by atoms with Crippen molar-refractivity contribution >= 4 is 28.6 Å². The standard InChI is InChI=1S/C23H21ClN6O2/c1-2-30-21-15(11-27-23(29-21)28-17-5-6-32-12-17)7-19(22(30)31)18-4-3-14(8-20(18)24)16-9-25-13-26-10-16/h3-4,7-11,13,17H,2,5-6,12H2,1H3,(H,27,28,29)/t17-/m1/s1. The molecule has 0 bridgehead atoms. The molecule has 3 aromatic heterocycles. The number of aryl methyl sites for hydroxylation is 1. The van der Waals surface area contributed by atoms with Gasteiger partial charge in [0.2, 0.25) is 5.95 Å². The summed E-state index contributed by atoms with van der Waals surface area (Å²) in [5.74, 6) is 0.495. The van der Waals surface area contributed by atoms with Gasteiger partial charge in [0.25, 0.3) is 5.56 Å². The van der Waals surface area contributed by atoms with Gasteiger partial charge in [0, 0.05) is 58.8 Å². The smallest absolute Gasteiger partial charge is 0.260 e. The summed E-state index contributed by atoms with van der Waals surface area (Å²) < 4.78 is 7.05. The van der Waals surface area contributed by atoms with Crippen LogP contribution >= 0.6 is 11.6 Å². The van der Waals surface area contributed by atoms with Crippen LogP contribution < -0.4 is 10.9 Å². The van der Waals surface area contributed by atoms with Crippen molar-refractivity contribution in [2.45, 2.75) is 25.9 Å². The molecular formula is C23H21ClN6O2. The summed E-state index contributed by atoms with van der Waals surface area (Å²) in [6, 6.07) is 7.57. The second-order valence-electron chi connectivity index (χ2n) is 7.61. The van der Waals surface area contributed by atoms with E-state index in [0.717, 1.165) is 29.5 Å². The van der Waals surface area contributed by atoms with Gasteiger partial charge in [-0.2, -0.15) is 4.98 Å². The number of hydrogen-bond acceptors (Lipinski definition) is 7. The maximum absolute atomic E-state index is 13.4. The van der Waals surface area contributed by atoms with Crippen LogP contribution in [0.5, 0.6) is 0 Å². The first-order chi connectivity index (χ1) is 15.6. The average molecular weight is 449 g/mol. The van der Waals surface area contributed by atoms with Crippen molar-refractivity contribution in [2.24, 2.45) is 0 Å². The molecule has 0 radical (unpaired) electrons. The molecule has 9 heteroatoms. The Morgan fingerprint density at radius 3 is 2.72 bits per heavy atom. The van der Waals surface area contributed by atoms with Crippen molar-refractivity contribution in [3.63, 3.8) is 0 Å². The molecule has 162 valence electrons. The molecule has 1 saturated heterocycles. The van der Waals surface area contributed by atoms with Crippen LogP contribution in [0.2, 0.25) is 5.02 Å². The van der Waals surface area contributed by atoms with Gasteiger partial charge >= 0.3 is 0 Å². The maximum Gasteiger partial charge on any atom is 0.260 e. The van der Waals surface area contributed by atoms with E-state index in [1.807, 2.05) is 25.1 Å². The second-order valence-corrected chi connectivity index (χ2v) is 8.01. The van der Waals surface area contributed by atoms with Gasteiger partial charge in [-0.05, 0) is 31.0 Å². The summed E-state index contributed by atoms with van der Waals surface area (Å²) in [6.45, 7) is 3.75. The van der Waals surface area contributed by atoms with Gasteiger partial charge in [-0.15, -0.1) is 0 Å². The van der Waals surface area contributed by atoms with Crippen molar-refractivity contribution in [3.8, 4) is 22.3 Å². The number of nitrogens with one attached hydrogen (secondary N) is 1. The Morgan fingerprint density at radius 1 is 1.16 bits per heavy atom. The van der Waals surface area contributed by atoms with Crippen molar-refractivity contribution in [1.82, 2.24) is 24.5 Å². The van der Waals surface area contributed by atoms with E-state index in [2.05, 4.69) is 25.3 Å². The molecule has 4 aromatic rings. The summed E-state index contributed by atoms with van der Waals surface area (Å²) in [6.07, 6.45) is 7.56. The summed E-state index contributed by atoms with van der Waals surface area (Å²) in [4.78, 5) is 30.5. The zero-order chi connectivity index (χ0) is 22.1. The lowest BCUT2D eigenvalue weighted by atomic mass is 10.0. The molecule has 4 heterocycles. The van der Waals surface area contributed by atoms with Crippen molar-refractivity contribution in [2.75, 3.05) is 18.5 Å². The number of halogens is 1. The van der Waals surface area contributed by atoms with Gasteiger partial charge in [0.05, 0.1) is 12.6 Å². The average Bonchev–Trinajstić information content (AvgIpc) is 3.33. The number of nitrogens with zero attached hydrogens (tertiary/aromatic N) is 5. The number of aromatic nitrogens is 5. The lowest BCUT2D eigenvalue weighted by molar-refractivity contribution is 0.195. The summed E-state index contributed by atoms with van der Waals surface area (Å²) in [7, 11) is 0. The fraction of sp³-hybridized carbons (Fsp3) is 0.261. The molecule has 1 aliphatic heterocycles. The van der Waals surface area contributed by atoms with E-state index in [1.54, 1.807) is 29.2 Å². The van der Waals surface area contributed by atoms with Gasteiger partial charge in [-0.25, -0.2) is 15.0 Å². The van der Waals surface area contributed by atoms with E-state index in [1.165, 1.54) is 6.33 Å². The first-order valence-corrected chi connectivity index (χ1v) is 10.8. The molecule has 0 unspecified atom stereocenters. The van der Waals surface area contributed by atoms with E-state index in [9.17, 15) is 4.79 Å². The molecule has 0 saturated carbocycles. The third-order valence-electron chi connectivity index (χ3n) is 5.56. The molecule has 5 rings (SSSR count). The van der Waals surface area contributed by atoms with Crippen molar-refractivity contribution < 1.29 is 4.74 Å². The molecule has 8 nitrogen and oxygen atoms in total. The number of anilines is 1. The summed E-state index contributed by atoms with van der Waals surface area (Å²) >= 11 is 6.61. The zero-order valence-corrected chi connectivity index (χ0v) is 18.2. The van der Waals surface area contributed by atoms with Gasteiger partial charge in [-0.3, -0.25) is 9.36 Å². The Bertz CT molecular complexity index is 1340. The minimum Gasteiger partial charge on any atom is -0.379 e. The molecule has 32 heavy (non-hydrogen) atoms. The predicted octanol–water partition coefficient (Wildman–Crippen LogP) is 3.79. The minimum atomic E-state index is -0.147. The van der Waals surface area contributed by atoms with Crippen LogP contribution in [-0.2, 0) is 11.3 Å². The van der Waals surface area contributed by atoms with Crippen LogP contribution in [0.15, 0.2) is 54.0 Å². The van der Waals surface area contributed by atoms with Crippen LogP contribution in [0, 0.1) is 0 Å². The van der Waals surface area contributed by atoms with Crippen molar-refractivity contribution in [1.29, 1.82) is 0 Å². The monoisotopic (exact) mass is 448 g/mol. The van der Waals surface area contributed by atoms with E-state index in [4.69, 9.17) is 16.3 Å². The SMILES string of the molecule is CCn1c(=O)c(-c2ccc(-c3cncnc3)cc2Cl)cc2cnc(N[C@@H]3CCOC3)nc21. The summed E-state index contributed by atoms with van der Waals surface area (Å²) in [5.41, 5.74) is 3.34. The van der Waals surface area contributed by atoms with Gasteiger partial charge in [0.1, 0.15) is 12.0 Å². The lowest BCUT2D eigenvalue weighted by Crippen LogP contribution is -2.24. The van der Waals surface area contributed by atoms with Crippen molar-refractivity contribution in [3.05, 3.63) is 64.6 Å². The fourth-order valence-electron chi connectivity index (χ4n) is 3.91. The van der Waals surface area contributed by atoms with Gasteiger partial charge < -0.3 is 10.1 Å². The minimum absolute atomic E-state index is 0.147. The zero-order valence-electron chi connectivity index (χ0n) is 17.5. The largest absolute Gasteiger partial charge is 0.379 e. The van der Waals surface area contributed by atoms with Crippen LogP contribution in [0.25, 0.3) is 33.3 Å². The van der Waals surface area contributed by atoms with Crippen LogP contribution in [0.3, 0.4) is 0 Å². The quantitative estimate of drug-likeness (QED) is 0.496. The topological polar surface area (TPSA) is 94.8 Å². The highest BCUT2D eigenvalue weighted by Gasteiger charge is 2.18. The first-order valence-electron chi connectivity index (χ1n) is 10.4. The maximum atomic E-state index is 13.4. The van der Waals surface area contributed by atoms with Crippen LogP contribution in [0.4, 0.5) is 5.95 Å².